The molecule has 26 nitrogen and oxygen atoms in total. The number of nitrogens with two attached hydrogens (primary N) is 2. The van der Waals surface area contributed by atoms with E-state index in [0.29, 0.717) is 36.1 Å². The van der Waals surface area contributed by atoms with Crippen LogP contribution in [0.2, 0.25) is 0 Å². The van der Waals surface area contributed by atoms with Crippen LogP contribution in [0.15, 0.2) is 89.0 Å². The summed E-state index contributed by atoms with van der Waals surface area (Å²) in [6, 6.07) is 21.3. The Labute approximate surface area is 502 Å². The molecule has 8 heterocycles. The van der Waals surface area contributed by atoms with Crippen LogP contribution in [0.4, 0.5) is 17.2 Å². The van der Waals surface area contributed by atoms with Crippen LogP contribution < -0.4 is 36.1 Å². The molecule has 0 radical (unpaired) electrons. The predicted molar refractivity (Wildman–Crippen MR) is 321 cm³/mol. The molecule has 6 aromatic rings. The second kappa shape index (κ2) is 27.2. The third kappa shape index (κ3) is 14.8. The number of hydrogen-bond donors (Lipinski definition) is 6. The van der Waals surface area contributed by atoms with Gasteiger partial charge in [0.1, 0.15) is 30.9 Å². The van der Waals surface area contributed by atoms with Crippen LogP contribution in [0.25, 0.3) is 21.7 Å². The number of rotatable bonds is 25. The third-order valence-corrected chi connectivity index (χ3v) is 19.9. The predicted octanol–water partition coefficient (Wildman–Crippen LogP) is 6.36. The molecule has 462 valence electrons. The lowest BCUT2D eigenvalue weighted by molar-refractivity contribution is -0.141. The van der Waals surface area contributed by atoms with Crippen molar-refractivity contribution in [3.05, 3.63) is 102 Å². The molecule has 4 aromatic heterocycles. The molecule has 86 heavy (non-hydrogen) atoms. The average molecular weight is 1240 g/mol. The fraction of sp³-hybridized carbons (Fsp3) is 0.491. The number of ether oxygens (including phenoxy) is 2. The van der Waals surface area contributed by atoms with Gasteiger partial charge >= 0.3 is 15.6 Å². The maximum Gasteiger partial charge on any atom is 0.481 e. The number of nitrogen functional groups attached to an aromatic ring is 1. The number of aromatic nitrogens is 5. The highest BCUT2D eigenvalue weighted by molar-refractivity contribution is 7.61. The van der Waals surface area contributed by atoms with Crippen LogP contribution in [0.5, 0.6) is 17.5 Å². The van der Waals surface area contributed by atoms with Gasteiger partial charge in [0.25, 0.3) is 5.88 Å². The zero-order valence-electron chi connectivity index (χ0n) is 48.7. The van der Waals surface area contributed by atoms with Crippen LogP contribution in [-0.4, -0.2) is 176 Å². The zero-order valence-corrected chi connectivity index (χ0v) is 51.3. The molecule has 10 rings (SSSR count). The minimum Gasteiger partial charge on any atom is -0.507 e. The van der Waals surface area contributed by atoms with E-state index in [2.05, 4.69) is 66.0 Å². The molecule has 0 saturated carbocycles. The number of nitrogens with one attached hydrogen (secondary N) is 1. The zero-order chi connectivity index (χ0) is 60.9. The quantitative estimate of drug-likeness (QED) is 0.0339. The number of hydrogen-bond acceptors (Lipinski definition) is 23. The topological polar surface area (TPSA) is 333 Å². The van der Waals surface area contributed by atoms with E-state index in [4.69, 9.17) is 30.0 Å². The van der Waals surface area contributed by atoms with Crippen molar-refractivity contribution in [3.63, 3.8) is 0 Å². The average Bonchev–Trinajstić information content (AvgIpc) is 2.13. The van der Waals surface area contributed by atoms with Crippen LogP contribution in [0.3, 0.4) is 0 Å². The lowest BCUT2D eigenvalue weighted by Crippen LogP contribution is -2.54. The molecule has 4 saturated heterocycles. The molecular weight excluding hydrogens is 1170 g/mol. The van der Waals surface area contributed by atoms with E-state index in [9.17, 15) is 33.6 Å². The Balaban J connectivity index is 0.705. The Morgan fingerprint density at radius 2 is 1.63 bits per heavy atom. The number of carbonyl (C=O) groups excluding carboxylic acids is 2. The minimum atomic E-state index is -5.31. The van der Waals surface area contributed by atoms with Crippen molar-refractivity contribution in [2.45, 2.75) is 96.1 Å². The molecule has 2 amide bonds. The lowest BCUT2D eigenvalue weighted by atomic mass is 9.91. The molecule has 2 bridgehead atoms. The number of phenolic OH excluding ortho intramolecular Hbond substituents is 1. The Kier molecular flexibility index (Phi) is 19.7. The molecule has 29 heteroatoms. The summed E-state index contributed by atoms with van der Waals surface area (Å²) in [6.07, 6.45) is 2.32. The number of amides is 2. The summed E-state index contributed by atoms with van der Waals surface area (Å²) >= 11 is 1.52. The summed E-state index contributed by atoms with van der Waals surface area (Å²) in [5.74, 6) is -1.05. The maximum absolute atomic E-state index is 14.8. The van der Waals surface area contributed by atoms with Crippen LogP contribution >= 0.6 is 27.0 Å². The second-order valence-electron chi connectivity index (χ2n) is 22.5. The van der Waals surface area contributed by atoms with Crippen molar-refractivity contribution in [1.82, 2.24) is 45.3 Å². The summed E-state index contributed by atoms with van der Waals surface area (Å²) in [5.41, 5.74) is 19.2. The number of aryl methyl sites for hydroxylation is 1. The second-order valence-corrected chi connectivity index (χ2v) is 26.3. The Bertz CT molecular complexity index is 3400. The van der Waals surface area contributed by atoms with Gasteiger partial charge < -0.3 is 60.4 Å². The van der Waals surface area contributed by atoms with Gasteiger partial charge in [-0.1, -0.05) is 50.2 Å². The molecular formula is C57H75N13O13P2S. The van der Waals surface area contributed by atoms with Crippen molar-refractivity contribution in [2.75, 3.05) is 94.3 Å². The highest BCUT2D eigenvalue weighted by Crippen LogP contribution is 2.61. The molecule has 0 spiro atoms. The van der Waals surface area contributed by atoms with Crippen LogP contribution in [0.1, 0.15) is 75.9 Å². The van der Waals surface area contributed by atoms with Crippen molar-refractivity contribution >= 4 is 56.0 Å². The number of fused-ring (bicyclic) bond motifs is 2. The summed E-state index contributed by atoms with van der Waals surface area (Å²) in [4.78, 5) is 70.3. The first kappa shape index (κ1) is 62.4. The number of likely N-dealkylation sites (tertiary alicyclic amines) is 1. The van der Waals surface area contributed by atoms with Crippen molar-refractivity contribution in [2.24, 2.45) is 11.7 Å². The highest BCUT2D eigenvalue weighted by Gasteiger charge is 2.48. The normalized spacial score (nSPS) is 22.2. The number of phenols is 1. The van der Waals surface area contributed by atoms with Gasteiger partial charge in [0.15, 0.2) is 11.6 Å². The lowest BCUT2D eigenvalue weighted by Gasteiger charge is -2.43. The van der Waals surface area contributed by atoms with E-state index in [-0.39, 0.29) is 61.6 Å². The fourth-order valence-electron chi connectivity index (χ4n) is 12.0. The number of benzene rings is 2. The summed E-state index contributed by atoms with van der Waals surface area (Å²) < 4.78 is 58.2. The first-order valence-electron chi connectivity index (χ1n) is 28.8. The SMILES string of the molecule is Cc1ncsc1-c1ccc([C@H](C)NC(=O)[C@@H]2C[C@@H](OP(=O)(O)OP(=O)(O)OCCN)CN2C(=O)[C@@H](c2cc(OCCN3CCN(CCOc4cc(N5[C@@H]6CC[C@@H]5CN(c5cc(-c7ccccc7O)nnc5N)C6)ccn4)[C@H](C)C3)no2)C(C)C)cc1. The number of thiazole rings is 1. The van der Waals surface area contributed by atoms with E-state index in [1.807, 2.05) is 75.4 Å². The molecule has 9 atom stereocenters. The van der Waals surface area contributed by atoms with Crippen molar-refractivity contribution < 1.29 is 61.0 Å². The van der Waals surface area contributed by atoms with Gasteiger partial charge in [-0.2, -0.15) is 4.31 Å². The van der Waals surface area contributed by atoms with Crippen LogP contribution in [0, 0.1) is 12.8 Å². The number of carbonyl (C=O) groups is 2. The van der Waals surface area contributed by atoms with Gasteiger partial charge in [0.05, 0.1) is 46.2 Å². The first-order chi connectivity index (χ1) is 41.2. The van der Waals surface area contributed by atoms with Crippen LogP contribution in [-0.2, 0) is 32.1 Å². The minimum absolute atomic E-state index is 0.137. The summed E-state index contributed by atoms with van der Waals surface area (Å²) in [7, 11) is -10.4. The molecule has 4 aliphatic heterocycles. The van der Waals surface area contributed by atoms with E-state index in [1.165, 1.54) is 16.2 Å². The highest BCUT2D eigenvalue weighted by atomic mass is 32.1. The van der Waals surface area contributed by atoms with E-state index < -0.39 is 64.1 Å². The molecule has 4 fully saturated rings. The molecule has 0 aliphatic carbocycles. The standard InChI is InChI=1S/C57H75N13O13P2S/c1-35(2)53(57(73)69-33-44(82-85(76,77)83-84(74,75)80-23-17-58)27-48(69)56(72)62-37(4)39-10-12-40(13-11-39)54-38(5)61-34-86-54)50-29-52(65-81-50)79-24-21-66-19-20-67(36(3)30-66)22-25-78-51-26-41(16-18-60-51)70-42-14-15-43(70)32-68(31-42)47-28-46(63-64-55(47)59)45-8-6-7-9-49(45)71/h6-13,16,18,26,28-29,34-37,42-44,48,53,71H,14-15,17,19-25,27,30-33,58H2,1-5H3,(H2,59,64)(H,62,72)(H,74,75)(H,76,77)/t36-,37+,42-,43-,44-,48+,53-/m1/s1. The summed E-state index contributed by atoms with van der Waals surface area (Å²) in [5, 5.41) is 26.2. The summed E-state index contributed by atoms with van der Waals surface area (Å²) in [6.45, 7) is 14.6. The smallest absolute Gasteiger partial charge is 0.481 e. The van der Waals surface area contributed by atoms with Gasteiger partial charge in [-0.05, 0) is 80.1 Å². The third-order valence-electron chi connectivity index (χ3n) is 16.2. The molecule has 2 unspecified atom stereocenters. The van der Waals surface area contributed by atoms with Gasteiger partial charge in [-0.3, -0.25) is 28.4 Å². The number of phosphoric ester groups is 2. The number of anilines is 3. The number of nitrogens with zero attached hydrogens (tertiary/aromatic N) is 10. The molecule has 8 N–H and O–H groups in total. The monoisotopic (exact) mass is 1240 g/mol. The number of piperazine rings is 2. The first-order valence-corrected chi connectivity index (χ1v) is 32.7. The van der Waals surface area contributed by atoms with E-state index in [1.54, 1.807) is 36.8 Å². The number of para-hydroxylation sites is 1. The molecule has 4 aliphatic rings. The Morgan fingerprint density at radius 1 is 0.884 bits per heavy atom. The Morgan fingerprint density at radius 3 is 2.34 bits per heavy atom. The van der Waals surface area contributed by atoms with E-state index in [0.717, 1.165) is 85.2 Å². The van der Waals surface area contributed by atoms with Gasteiger partial charge in [0, 0.05) is 113 Å². The van der Waals surface area contributed by atoms with Crippen molar-refractivity contribution in [1.29, 1.82) is 0 Å². The van der Waals surface area contributed by atoms with Gasteiger partial charge in [0.2, 0.25) is 17.7 Å². The molecule has 2 aromatic carbocycles. The van der Waals surface area contributed by atoms with E-state index >= 15 is 0 Å². The Hall–Kier alpha value is -6.61. The number of pyridine rings is 1. The van der Waals surface area contributed by atoms with Gasteiger partial charge in [-0.25, -0.2) is 19.1 Å². The number of aromatic hydroxyl groups is 1. The van der Waals surface area contributed by atoms with Gasteiger partial charge in [-0.15, -0.1) is 21.5 Å². The van der Waals surface area contributed by atoms with Crippen molar-refractivity contribution in [3.8, 4) is 39.2 Å². The fourth-order valence-corrected chi connectivity index (χ4v) is 15.0. The number of phosphoric acid groups is 2. The largest absolute Gasteiger partial charge is 0.507 e. The maximum atomic E-state index is 14.8.